The first kappa shape index (κ1) is 17.2. The number of nitrogens with zero attached hydrogens (tertiary/aromatic N) is 1. The summed E-state index contributed by atoms with van der Waals surface area (Å²) < 4.78 is 10.3. The molecule has 126 valence electrons. The molecule has 1 unspecified atom stereocenters. The van der Waals surface area contributed by atoms with Gasteiger partial charge in [0.15, 0.2) is 5.54 Å². The van der Waals surface area contributed by atoms with Crippen molar-refractivity contribution in [3.63, 3.8) is 0 Å². The van der Waals surface area contributed by atoms with Crippen LogP contribution in [-0.4, -0.2) is 60.5 Å². The van der Waals surface area contributed by atoms with Gasteiger partial charge >= 0.3 is 12.1 Å². The number of benzene rings is 1. The third-order valence-corrected chi connectivity index (χ3v) is 3.71. The molecule has 1 aromatic carbocycles. The summed E-state index contributed by atoms with van der Waals surface area (Å²) in [6.45, 7) is 4.19. The van der Waals surface area contributed by atoms with Crippen LogP contribution in [0.15, 0.2) is 30.3 Å². The summed E-state index contributed by atoms with van der Waals surface area (Å²) in [5.41, 5.74) is -0.571. The van der Waals surface area contributed by atoms with E-state index in [9.17, 15) is 14.7 Å². The van der Waals surface area contributed by atoms with Gasteiger partial charge in [0.2, 0.25) is 0 Å². The molecule has 1 fully saturated rings. The molecule has 1 amide bonds. The van der Waals surface area contributed by atoms with E-state index in [4.69, 9.17) is 9.47 Å². The van der Waals surface area contributed by atoms with Gasteiger partial charge in [-0.15, -0.1) is 0 Å². The maximum atomic E-state index is 11.9. The van der Waals surface area contributed by atoms with Gasteiger partial charge in [0, 0.05) is 19.6 Å². The van der Waals surface area contributed by atoms with Gasteiger partial charge in [-0.25, -0.2) is 9.59 Å². The molecule has 0 radical (unpaired) electrons. The largest absolute Gasteiger partial charge is 0.479 e. The highest BCUT2D eigenvalue weighted by atomic mass is 16.5. The molecule has 0 saturated carbocycles. The number of nitrogens with one attached hydrogen (secondary N) is 1. The number of aliphatic carboxylic acids is 1. The lowest BCUT2D eigenvalue weighted by Gasteiger charge is -2.34. The minimum absolute atomic E-state index is 0.0971. The highest BCUT2D eigenvalue weighted by Crippen LogP contribution is 2.10. The molecule has 0 aliphatic carbocycles. The summed E-state index contributed by atoms with van der Waals surface area (Å²) in [7, 11) is 0. The Morgan fingerprint density at radius 2 is 1.96 bits per heavy atom. The van der Waals surface area contributed by atoms with E-state index in [0.717, 1.165) is 5.56 Å². The van der Waals surface area contributed by atoms with Crippen molar-refractivity contribution in [2.45, 2.75) is 19.1 Å². The topological polar surface area (TPSA) is 88.1 Å². The average Bonchev–Trinajstić information content (AvgIpc) is 2.54. The standard InChI is InChI=1S/C16H22N2O5/c1-16(14(19)20,12-18-7-9-22-10-8-18)17-15(21)23-11-13-5-3-2-4-6-13/h2-6H,7-12H2,1H3,(H,17,21)(H,19,20). The molecule has 0 spiro atoms. The molecule has 7 nitrogen and oxygen atoms in total. The van der Waals surface area contributed by atoms with Crippen molar-refractivity contribution in [2.75, 3.05) is 32.8 Å². The number of carbonyl (C=O) groups excluding carboxylic acids is 1. The van der Waals surface area contributed by atoms with Crippen molar-refractivity contribution in [3.05, 3.63) is 35.9 Å². The van der Waals surface area contributed by atoms with Crippen LogP contribution in [0.25, 0.3) is 0 Å². The van der Waals surface area contributed by atoms with Crippen molar-refractivity contribution in [2.24, 2.45) is 0 Å². The van der Waals surface area contributed by atoms with Crippen molar-refractivity contribution >= 4 is 12.1 Å². The van der Waals surface area contributed by atoms with Crippen LogP contribution in [0.3, 0.4) is 0 Å². The Labute approximate surface area is 135 Å². The number of carboxylic acids is 1. The Hall–Kier alpha value is -2.12. The Balaban J connectivity index is 1.89. The van der Waals surface area contributed by atoms with E-state index in [0.29, 0.717) is 26.3 Å². The lowest BCUT2D eigenvalue weighted by molar-refractivity contribution is -0.145. The fourth-order valence-electron chi connectivity index (χ4n) is 2.35. The fraction of sp³-hybridized carbons (Fsp3) is 0.500. The molecular formula is C16H22N2O5. The quantitative estimate of drug-likeness (QED) is 0.815. The van der Waals surface area contributed by atoms with E-state index in [1.807, 2.05) is 35.2 Å². The number of rotatable bonds is 6. The summed E-state index contributed by atoms with van der Waals surface area (Å²) in [5.74, 6) is -1.10. The Morgan fingerprint density at radius 1 is 1.30 bits per heavy atom. The first-order valence-corrected chi connectivity index (χ1v) is 7.52. The van der Waals surface area contributed by atoms with Crippen molar-refractivity contribution in [1.29, 1.82) is 0 Å². The van der Waals surface area contributed by atoms with Gasteiger partial charge in [-0.05, 0) is 12.5 Å². The number of hydrogen-bond acceptors (Lipinski definition) is 5. The van der Waals surface area contributed by atoms with Gasteiger partial charge < -0.3 is 19.9 Å². The van der Waals surface area contributed by atoms with Gasteiger partial charge in [0.25, 0.3) is 0 Å². The van der Waals surface area contributed by atoms with Crippen LogP contribution in [0.4, 0.5) is 4.79 Å². The predicted octanol–water partition coefficient (Wildman–Crippen LogP) is 1.09. The number of carbonyl (C=O) groups is 2. The van der Waals surface area contributed by atoms with E-state index in [1.54, 1.807) is 0 Å². The molecule has 1 aromatic rings. The molecule has 1 aliphatic rings. The Kier molecular flexibility index (Phi) is 5.95. The van der Waals surface area contributed by atoms with Crippen LogP contribution in [0, 0.1) is 0 Å². The average molecular weight is 322 g/mol. The lowest BCUT2D eigenvalue weighted by Crippen LogP contribution is -2.60. The smallest absolute Gasteiger partial charge is 0.408 e. The van der Waals surface area contributed by atoms with Crippen LogP contribution >= 0.6 is 0 Å². The van der Waals surface area contributed by atoms with E-state index < -0.39 is 17.6 Å². The zero-order valence-electron chi connectivity index (χ0n) is 13.2. The van der Waals surface area contributed by atoms with Gasteiger partial charge in [-0.1, -0.05) is 30.3 Å². The van der Waals surface area contributed by atoms with Gasteiger partial charge in [-0.2, -0.15) is 0 Å². The normalized spacial score (nSPS) is 18.0. The predicted molar refractivity (Wildman–Crippen MR) is 83.1 cm³/mol. The minimum atomic E-state index is -1.41. The van der Waals surface area contributed by atoms with Crippen molar-refractivity contribution in [3.8, 4) is 0 Å². The highest BCUT2D eigenvalue weighted by molar-refractivity contribution is 5.84. The second kappa shape index (κ2) is 7.94. The van der Waals surface area contributed by atoms with Gasteiger partial charge in [0.05, 0.1) is 13.2 Å². The SMILES string of the molecule is CC(CN1CCOCC1)(NC(=O)OCc1ccccc1)C(=O)O. The zero-order chi connectivity index (χ0) is 16.7. The number of morpholine rings is 1. The first-order chi connectivity index (χ1) is 11.0. The van der Waals surface area contributed by atoms with Crippen LogP contribution in [0.2, 0.25) is 0 Å². The number of alkyl carbamates (subject to hydrolysis) is 1. The molecule has 1 saturated heterocycles. The molecule has 2 rings (SSSR count). The highest BCUT2D eigenvalue weighted by Gasteiger charge is 2.37. The molecule has 23 heavy (non-hydrogen) atoms. The zero-order valence-corrected chi connectivity index (χ0v) is 13.2. The molecule has 0 aromatic heterocycles. The molecule has 2 N–H and O–H groups in total. The van der Waals surface area contributed by atoms with Crippen molar-refractivity contribution in [1.82, 2.24) is 10.2 Å². The molecule has 1 atom stereocenters. The second-order valence-corrected chi connectivity index (χ2v) is 5.71. The number of ether oxygens (including phenoxy) is 2. The molecular weight excluding hydrogens is 300 g/mol. The minimum Gasteiger partial charge on any atom is -0.479 e. The second-order valence-electron chi connectivity index (χ2n) is 5.71. The van der Waals surface area contributed by atoms with Crippen LogP contribution in [0.1, 0.15) is 12.5 Å². The summed E-state index contributed by atoms with van der Waals surface area (Å²) >= 11 is 0. The van der Waals surface area contributed by atoms with E-state index in [-0.39, 0.29) is 13.2 Å². The van der Waals surface area contributed by atoms with Crippen LogP contribution in [-0.2, 0) is 20.9 Å². The monoisotopic (exact) mass is 322 g/mol. The molecule has 1 aliphatic heterocycles. The van der Waals surface area contributed by atoms with E-state index in [2.05, 4.69) is 5.32 Å². The van der Waals surface area contributed by atoms with E-state index >= 15 is 0 Å². The van der Waals surface area contributed by atoms with E-state index in [1.165, 1.54) is 6.92 Å². The fourth-order valence-corrected chi connectivity index (χ4v) is 2.35. The molecule has 1 heterocycles. The third-order valence-electron chi connectivity index (χ3n) is 3.71. The third kappa shape index (κ3) is 5.22. The van der Waals surface area contributed by atoms with Crippen LogP contribution < -0.4 is 5.32 Å². The maximum Gasteiger partial charge on any atom is 0.408 e. The van der Waals surface area contributed by atoms with Crippen LogP contribution in [0.5, 0.6) is 0 Å². The first-order valence-electron chi connectivity index (χ1n) is 7.52. The lowest BCUT2D eigenvalue weighted by atomic mass is 10.0. The molecule has 7 heteroatoms. The summed E-state index contributed by atoms with van der Waals surface area (Å²) in [4.78, 5) is 25.5. The Morgan fingerprint density at radius 3 is 2.57 bits per heavy atom. The summed E-state index contributed by atoms with van der Waals surface area (Å²) in [6.07, 6.45) is -0.744. The van der Waals surface area contributed by atoms with Gasteiger partial charge in [0.1, 0.15) is 6.61 Å². The number of hydrogen-bond donors (Lipinski definition) is 2. The Bertz CT molecular complexity index is 531. The summed E-state index contributed by atoms with van der Waals surface area (Å²) in [6, 6.07) is 9.22. The maximum absolute atomic E-state index is 11.9. The number of carboxylic acid groups (broad SMARTS) is 1. The van der Waals surface area contributed by atoms with Crippen molar-refractivity contribution < 1.29 is 24.2 Å². The van der Waals surface area contributed by atoms with Gasteiger partial charge in [-0.3, -0.25) is 4.90 Å². The number of amides is 1. The summed E-state index contributed by atoms with van der Waals surface area (Å²) in [5, 5.41) is 11.9. The molecule has 0 bridgehead atoms.